The van der Waals surface area contributed by atoms with Crippen LogP contribution in [-0.2, 0) is 12.7 Å². The summed E-state index contributed by atoms with van der Waals surface area (Å²) < 4.78 is 41.9. The molecule has 0 atom stereocenters. The van der Waals surface area contributed by atoms with E-state index in [9.17, 15) is 13.2 Å². The Bertz CT molecular complexity index is 1040. The summed E-state index contributed by atoms with van der Waals surface area (Å²) in [5.74, 6) is 0. The quantitative estimate of drug-likeness (QED) is 0.472. The van der Waals surface area contributed by atoms with Crippen LogP contribution in [0, 0.1) is 6.07 Å². The Morgan fingerprint density at radius 3 is 2.42 bits per heavy atom. The minimum Gasteiger partial charge on any atom is -0.259 e. The molecule has 0 saturated carbocycles. The molecule has 0 bridgehead atoms. The van der Waals surface area contributed by atoms with Crippen LogP contribution >= 0.6 is 0 Å². The van der Waals surface area contributed by atoms with Crippen molar-refractivity contribution in [3.63, 3.8) is 0 Å². The Labute approximate surface area is 148 Å². The molecule has 0 spiro atoms. The topological polar surface area (TPSA) is 17.8 Å². The van der Waals surface area contributed by atoms with Gasteiger partial charge in [0.25, 0.3) is 0 Å². The zero-order valence-electron chi connectivity index (χ0n) is 13.7. The third-order valence-corrected chi connectivity index (χ3v) is 4.23. The van der Waals surface area contributed by atoms with Crippen LogP contribution in [-0.4, -0.2) is 9.78 Å². The maximum Gasteiger partial charge on any atom is 0.418 e. The number of alkyl halides is 3. The molecule has 0 saturated heterocycles. The lowest BCUT2D eigenvalue weighted by atomic mass is 10.0. The van der Waals surface area contributed by atoms with Gasteiger partial charge in [-0.3, -0.25) is 4.68 Å². The fraction of sp³-hybridized carbons (Fsp3) is 0.0952. The van der Waals surface area contributed by atoms with Crippen molar-refractivity contribution in [2.24, 2.45) is 0 Å². The fourth-order valence-corrected chi connectivity index (χ4v) is 3.10. The first-order valence-corrected chi connectivity index (χ1v) is 8.11. The molecule has 1 radical (unpaired) electrons. The predicted molar refractivity (Wildman–Crippen MR) is 94.6 cm³/mol. The average molecular weight is 351 g/mol. The number of benzene rings is 3. The van der Waals surface area contributed by atoms with E-state index in [1.807, 2.05) is 42.5 Å². The molecule has 1 aromatic heterocycles. The highest BCUT2D eigenvalue weighted by molar-refractivity contribution is 5.95. The highest BCUT2D eigenvalue weighted by atomic mass is 19.4. The number of halogens is 3. The molecular weight excluding hydrogens is 337 g/mol. The van der Waals surface area contributed by atoms with Gasteiger partial charge < -0.3 is 0 Å². The number of hydrogen-bond acceptors (Lipinski definition) is 1. The number of hydrogen-bond donors (Lipinski definition) is 0. The number of fused-ring (bicyclic) bond motifs is 1. The monoisotopic (exact) mass is 351 g/mol. The first-order chi connectivity index (χ1) is 12.5. The molecule has 4 aromatic rings. The largest absolute Gasteiger partial charge is 0.418 e. The molecule has 0 fully saturated rings. The van der Waals surface area contributed by atoms with Crippen molar-refractivity contribution in [3.05, 3.63) is 90.0 Å². The van der Waals surface area contributed by atoms with Crippen molar-refractivity contribution in [3.8, 4) is 11.3 Å². The fourth-order valence-electron chi connectivity index (χ4n) is 3.10. The SMILES string of the molecule is FC(F)(F)c1cccc2c(-c3c[c]ccc3)n(Cc3ccccc3)nc12. The van der Waals surface area contributed by atoms with Crippen LogP contribution < -0.4 is 0 Å². The average Bonchev–Trinajstić information content (AvgIpc) is 3.00. The van der Waals surface area contributed by atoms with Crippen LogP contribution in [0.3, 0.4) is 0 Å². The van der Waals surface area contributed by atoms with E-state index in [4.69, 9.17) is 0 Å². The second-order valence-electron chi connectivity index (χ2n) is 5.98. The second kappa shape index (κ2) is 6.33. The smallest absolute Gasteiger partial charge is 0.259 e. The standard InChI is InChI=1S/C21H14F3N2/c22-21(23,24)18-13-7-12-17-19(18)25-26(14-15-8-3-1-4-9-15)20(17)16-10-5-2-6-11-16/h1-5,7-13H,14H2. The van der Waals surface area contributed by atoms with Crippen LogP contribution in [0.4, 0.5) is 13.2 Å². The van der Waals surface area contributed by atoms with Crippen molar-refractivity contribution in [1.29, 1.82) is 0 Å². The van der Waals surface area contributed by atoms with E-state index in [0.717, 1.165) is 17.2 Å². The summed E-state index contributed by atoms with van der Waals surface area (Å²) in [7, 11) is 0. The Morgan fingerprint density at radius 2 is 1.73 bits per heavy atom. The van der Waals surface area contributed by atoms with Crippen LogP contribution in [0.25, 0.3) is 22.2 Å². The minimum absolute atomic E-state index is 0.0326. The van der Waals surface area contributed by atoms with Crippen LogP contribution in [0.15, 0.2) is 72.8 Å². The number of aromatic nitrogens is 2. The van der Waals surface area contributed by atoms with Gasteiger partial charge in [-0.1, -0.05) is 60.7 Å². The van der Waals surface area contributed by atoms with Crippen LogP contribution in [0.2, 0.25) is 0 Å². The third-order valence-electron chi connectivity index (χ3n) is 4.23. The lowest BCUT2D eigenvalue weighted by molar-refractivity contribution is -0.136. The Kier molecular flexibility index (Phi) is 3.99. The summed E-state index contributed by atoms with van der Waals surface area (Å²) in [5, 5.41) is 4.82. The first kappa shape index (κ1) is 16.4. The van der Waals surface area contributed by atoms with Gasteiger partial charge in [-0.2, -0.15) is 18.3 Å². The maximum atomic E-state index is 13.4. The van der Waals surface area contributed by atoms with E-state index in [-0.39, 0.29) is 5.52 Å². The zero-order valence-corrected chi connectivity index (χ0v) is 13.7. The molecule has 0 aliphatic rings. The normalized spacial score (nSPS) is 11.8. The van der Waals surface area contributed by atoms with Gasteiger partial charge in [0.2, 0.25) is 0 Å². The molecular formula is C21H14F3N2. The first-order valence-electron chi connectivity index (χ1n) is 8.11. The molecule has 26 heavy (non-hydrogen) atoms. The summed E-state index contributed by atoms with van der Waals surface area (Å²) in [4.78, 5) is 0. The highest BCUT2D eigenvalue weighted by Gasteiger charge is 2.34. The number of rotatable bonds is 3. The van der Waals surface area contributed by atoms with Crippen molar-refractivity contribution >= 4 is 10.9 Å². The molecule has 2 nitrogen and oxygen atoms in total. The molecule has 0 aliphatic heterocycles. The van der Waals surface area contributed by atoms with E-state index in [1.54, 1.807) is 22.9 Å². The van der Waals surface area contributed by atoms with Crippen molar-refractivity contribution in [1.82, 2.24) is 9.78 Å². The maximum absolute atomic E-state index is 13.4. The molecule has 4 rings (SSSR count). The summed E-state index contributed by atoms with van der Waals surface area (Å²) >= 11 is 0. The molecule has 0 amide bonds. The summed E-state index contributed by atoms with van der Waals surface area (Å²) in [5.41, 5.74) is 1.66. The van der Waals surface area contributed by atoms with Crippen LogP contribution in [0.5, 0.6) is 0 Å². The Hall–Kier alpha value is -3.08. The lowest BCUT2D eigenvalue weighted by Crippen LogP contribution is -2.06. The van der Waals surface area contributed by atoms with Crippen molar-refractivity contribution in [2.75, 3.05) is 0 Å². The predicted octanol–water partition coefficient (Wildman–Crippen LogP) is 5.57. The van der Waals surface area contributed by atoms with E-state index >= 15 is 0 Å². The molecule has 0 aliphatic carbocycles. The third kappa shape index (κ3) is 2.96. The molecule has 1 heterocycles. The molecule has 3 aromatic carbocycles. The molecule has 129 valence electrons. The molecule has 0 N–H and O–H groups in total. The Morgan fingerprint density at radius 1 is 0.923 bits per heavy atom. The lowest BCUT2D eigenvalue weighted by Gasteiger charge is -2.08. The van der Waals surface area contributed by atoms with Crippen molar-refractivity contribution < 1.29 is 13.2 Å². The van der Waals surface area contributed by atoms with Gasteiger partial charge in [-0.25, -0.2) is 0 Å². The van der Waals surface area contributed by atoms with Gasteiger partial charge in [0.05, 0.1) is 17.8 Å². The van der Waals surface area contributed by atoms with Gasteiger partial charge in [-0.05, 0) is 23.8 Å². The highest BCUT2D eigenvalue weighted by Crippen LogP contribution is 2.38. The molecule has 5 heteroatoms. The minimum atomic E-state index is -4.45. The van der Waals surface area contributed by atoms with Gasteiger partial charge in [0.1, 0.15) is 5.52 Å². The summed E-state index contributed by atoms with van der Waals surface area (Å²) in [6, 6.07) is 23.9. The zero-order chi connectivity index (χ0) is 18.1. The summed E-state index contributed by atoms with van der Waals surface area (Å²) in [6.07, 6.45) is -4.45. The van der Waals surface area contributed by atoms with Gasteiger partial charge >= 0.3 is 6.18 Å². The van der Waals surface area contributed by atoms with Gasteiger partial charge in [-0.15, -0.1) is 0 Å². The van der Waals surface area contributed by atoms with Gasteiger partial charge in [0.15, 0.2) is 0 Å². The van der Waals surface area contributed by atoms with E-state index < -0.39 is 11.7 Å². The summed E-state index contributed by atoms with van der Waals surface area (Å²) in [6.45, 7) is 0.386. The molecule has 0 unspecified atom stereocenters. The van der Waals surface area contributed by atoms with Crippen LogP contribution in [0.1, 0.15) is 11.1 Å². The second-order valence-corrected chi connectivity index (χ2v) is 5.98. The van der Waals surface area contributed by atoms with E-state index in [0.29, 0.717) is 17.6 Å². The Balaban J connectivity index is 1.97. The van der Waals surface area contributed by atoms with E-state index in [1.165, 1.54) is 6.07 Å². The van der Waals surface area contributed by atoms with Crippen molar-refractivity contribution in [2.45, 2.75) is 12.7 Å². The van der Waals surface area contributed by atoms with E-state index in [2.05, 4.69) is 11.2 Å². The van der Waals surface area contributed by atoms with Gasteiger partial charge in [0, 0.05) is 10.9 Å². The number of nitrogens with zero attached hydrogens (tertiary/aromatic N) is 2.